The van der Waals surface area contributed by atoms with Crippen molar-refractivity contribution in [2.45, 2.75) is 26.7 Å². The Hall–Kier alpha value is -0.970. The molecule has 0 saturated carbocycles. The van der Waals surface area contributed by atoms with Gasteiger partial charge in [0.1, 0.15) is 0 Å². The third-order valence-electron chi connectivity index (χ3n) is 2.97. The molecular formula is C14H21Cl2N3O. The molecule has 1 aromatic carbocycles. The van der Waals surface area contributed by atoms with E-state index in [2.05, 4.69) is 17.1 Å². The number of nitrogen functional groups attached to an aromatic ring is 1. The summed E-state index contributed by atoms with van der Waals surface area (Å²) in [6.07, 6.45) is 2.18. The Balaban J connectivity index is 2.66. The molecular weight excluding hydrogens is 297 g/mol. The maximum Gasteiger partial charge on any atom is 0.238 e. The van der Waals surface area contributed by atoms with Gasteiger partial charge in [-0.15, -0.1) is 0 Å². The fraction of sp³-hybridized carbons (Fsp3) is 0.500. The number of likely N-dealkylation sites (N-methyl/N-ethyl adjacent to an activating group) is 1. The lowest BCUT2D eigenvalue weighted by Gasteiger charge is -2.20. The standard InChI is InChI=1S/C14H21Cl2N3O/c1-3-5-6-19(4-2)9-13(20)18-14-11(15)7-10(17)8-12(14)16/h7-8H,3-6,9,17H2,1-2H3,(H,18,20). The van der Waals surface area contributed by atoms with E-state index in [-0.39, 0.29) is 5.91 Å². The van der Waals surface area contributed by atoms with E-state index in [0.717, 1.165) is 25.9 Å². The minimum atomic E-state index is -0.128. The third kappa shape index (κ3) is 5.19. The number of anilines is 2. The molecule has 0 spiro atoms. The van der Waals surface area contributed by atoms with E-state index in [9.17, 15) is 4.79 Å². The van der Waals surface area contributed by atoms with E-state index in [4.69, 9.17) is 28.9 Å². The van der Waals surface area contributed by atoms with Gasteiger partial charge in [0.2, 0.25) is 5.91 Å². The van der Waals surface area contributed by atoms with Crippen LogP contribution >= 0.6 is 23.2 Å². The molecule has 1 amide bonds. The minimum Gasteiger partial charge on any atom is -0.399 e. The minimum absolute atomic E-state index is 0.128. The van der Waals surface area contributed by atoms with Crippen LogP contribution in [0.4, 0.5) is 11.4 Å². The van der Waals surface area contributed by atoms with Crippen LogP contribution in [0.3, 0.4) is 0 Å². The number of carbonyl (C=O) groups excluding carboxylic acids is 1. The van der Waals surface area contributed by atoms with Crippen molar-refractivity contribution in [2.24, 2.45) is 0 Å². The number of amides is 1. The summed E-state index contributed by atoms with van der Waals surface area (Å²) in [4.78, 5) is 14.1. The topological polar surface area (TPSA) is 58.4 Å². The highest BCUT2D eigenvalue weighted by atomic mass is 35.5. The number of rotatable bonds is 7. The molecule has 112 valence electrons. The Kier molecular flexibility index (Phi) is 7.13. The second kappa shape index (κ2) is 8.35. The number of benzene rings is 1. The molecule has 0 aliphatic heterocycles. The first-order chi connectivity index (χ1) is 9.47. The first-order valence-corrected chi connectivity index (χ1v) is 7.50. The maximum absolute atomic E-state index is 12.0. The number of unbranched alkanes of at least 4 members (excludes halogenated alkanes) is 1. The van der Waals surface area contributed by atoms with E-state index in [0.29, 0.717) is 28.0 Å². The molecule has 0 heterocycles. The van der Waals surface area contributed by atoms with E-state index in [1.54, 1.807) is 12.1 Å². The summed E-state index contributed by atoms with van der Waals surface area (Å²) in [5, 5.41) is 3.44. The molecule has 0 aliphatic carbocycles. The summed E-state index contributed by atoms with van der Waals surface area (Å²) in [5.41, 5.74) is 6.51. The van der Waals surface area contributed by atoms with Crippen molar-refractivity contribution in [1.82, 2.24) is 4.90 Å². The molecule has 0 aliphatic rings. The van der Waals surface area contributed by atoms with Crippen molar-refractivity contribution in [1.29, 1.82) is 0 Å². The summed E-state index contributed by atoms with van der Waals surface area (Å²) in [6, 6.07) is 3.13. The molecule has 0 aromatic heterocycles. The van der Waals surface area contributed by atoms with Gasteiger partial charge in [-0.3, -0.25) is 9.69 Å². The summed E-state index contributed by atoms with van der Waals surface area (Å²) in [6.45, 7) is 6.22. The monoisotopic (exact) mass is 317 g/mol. The van der Waals surface area contributed by atoms with Crippen LogP contribution in [0.1, 0.15) is 26.7 Å². The molecule has 0 bridgehead atoms. The van der Waals surface area contributed by atoms with Crippen molar-refractivity contribution < 1.29 is 4.79 Å². The van der Waals surface area contributed by atoms with Gasteiger partial charge < -0.3 is 11.1 Å². The summed E-state index contributed by atoms with van der Waals surface area (Å²) >= 11 is 12.1. The van der Waals surface area contributed by atoms with Gasteiger partial charge in [0.25, 0.3) is 0 Å². The molecule has 4 nitrogen and oxygen atoms in total. The number of hydrogen-bond donors (Lipinski definition) is 2. The summed E-state index contributed by atoms with van der Waals surface area (Å²) in [5.74, 6) is -0.128. The van der Waals surface area contributed by atoms with Crippen LogP contribution in [0.15, 0.2) is 12.1 Å². The van der Waals surface area contributed by atoms with E-state index >= 15 is 0 Å². The first kappa shape index (κ1) is 17.1. The molecule has 1 rings (SSSR count). The van der Waals surface area contributed by atoms with Crippen LogP contribution in [0, 0.1) is 0 Å². The lowest BCUT2D eigenvalue weighted by atomic mass is 10.2. The first-order valence-electron chi connectivity index (χ1n) is 6.74. The number of nitrogens with one attached hydrogen (secondary N) is 1. The van der Waals surface area contributed by atoms with Crippen molar-refractivity contribution in [2.75, 3.05) is 30.7 Å². The van der Waals surface area contributed by atoms with Gasteiger partial charge in [-0.2, -0.15) is 0 Å². The molecule has 0 unspecified atom stereocenters. The predicted molar refractivity (Wildman–Crippen MR) is 86.5 cm³/mol. The second-order valence-electron chi connectivity index (χ2n) is 4.63. The van der Waals surface area contributed by atoms with Crippen molar-refractivity contribution in [3.05, 3.63) is 22.2 Å². The quantitative estimate of drug-likeness (QED) is 0.755. The molecule has 0 fully saturated rings. The number of carbonyl (C=O) groups is 1. The Bertz CT molecular complexity index is 443. The third-order valence-corrected chi connectivity index (χ3v) is 3.57. The predicted octanol–water partition coefficient (Wildman–Crippen LogP) is 3.64. The zero-order valence-corrected chi connectivity index (χ0v) is 13.4. The highest BCUT2D eigenvalue weighted by Gasteiger charge is 2.13. The summed E-state index contributed by atoms with van der Waals surface area (Å²) in [7, 11) is 0. The van der Waals surface area contributed by atoms with Gasteiger partial charge in [0.05, 0.1) is 22.3 Å². The van der Waals surface area contributed by atoms with Crippen LogP contribution in [-0.2, 0) is 4.79 Å². The van der Waals surface area contributed by atoms with Crippen molar-refractivity contribution in [3.63, 3.8) is 0 Å². The van der Waals surface area contributed by atoms with E-state index in [1.165, 1.54) is 0 Å². The van der Waals surface area contributed by atoms with Crippen molar-refractivity contribution in [3.8, 4) is 0 Å². The number of halogens is 2. The molecule has 3 N–H and O–H groups in total. The van der Waals surface area contributed by atoms with Gasteiger partial charge >= 0.3 is 0 Å². The van der Waals surface area contributed by atoms with E-state index < -0.39 is 0 Å². The molecule has 0 radical (unpaired) electrons. The van der Waals surface area contributed by atoms with Crippen molar-refractivity contribution >= 4 is 40.5 Å². The van der Waals surface area contributed by atoms with Gasteiger partial charge in [0, 0.05) is 5.69 Å². The highest BCUT2D eigenvalue weighted by Crippen LogP contribution is 2.32. The van der Waals surface area contributed by atoms with Crippen LogP contribution < -0.4 is 11.1 Å². The number of nitrogens with zero attached hydrogens (tertiary/aromatic N) is 1. The van der Waals surface area contributed by atoms with Crippen LogP contribution in [0.5, 0.6) is 0 Å². The van der Waals surface area contributed by atoms with E-state index in [1.807, 2.05) is 6.92 Å². The molecule has 0 atom stereocenters. The lowest BCUT2D eigenvalue weighted by Crippen LogP contribution is -2.34. The summed E-state index contributed by atoms with van der Waals surface area (Å²) < 4.78 is 0. The molecule has 20 heavy (non-hydrogen) atoms. The van der Waals surface area contributed by atoms with Gasteiger partial charge in [-0.05, 0) is 31.6 Å². The van der Waals surface area contributed by atoms with Crippen LogP contribution in [0.2, 0.25) is 10.0 Å². The normalized spacial score (nSPS) is 10.8. The zero-order chi connectivity index (χ0) is 15.1. The fourth-order valence-corrected chi connectivity index (χ4v) is 2.42. The SMILES string of the molecule is CCCCN(CC)CC(=O)Nc1c(Cl)cc(N)cc1Cl. The maximum atomic E-state index is 12.0. The van der Waals surface area contributed by atoms with Gasteiger partial charge in [0.15, 0.2) is 0 Å². The second-order valence-corrected chi connectivity index (χ2v) is 5.44. The molecule has 1 aromatic rings. The van der Waals surface area contributed by atoms with Crippen LogP contribution in [-0.4, -0.2) is 30.4 Å². The van der Waals surface area contributed by atoms with Gasteiger partial charge in [-0.1, -0.05) is 43.5 Å². The Morgan fingerprint density at radius 3 is 2.40 bits per heavy atom. The zero-order valence-electron chi connectivity index (χ0n) is 11.9. The largest absolute Gasteiger partial charge is 0.399 e. The Morgan fingerprint density at radius 1 is 1.30 bits per heavy atom. The Morgan fingerprint density at radius 2 is 1.90 bits per heavy atom. The smallest absolute Gasteiger partial charge is 0.238 e. The number of hydrogen-bond acceptors (Lipinski definition) is 3. The molecule has 0 saturated heterocycles. The van der Waals surface area contributed by atoms with Gasteiger partial charge in [-0.25, -0.2) is 0 Å². The average Bonchev–Trinajstić information content (AvgIpc) is 2.38. The number of nitrogens with two attached hydrogens (primary N) is 1. The fourth-order valence-electron chi connectivity index (χ4n) is 1.82. The Labute approximate surface area is 130 Å². The lowest BCUT2D eigenvalue weighted by molar-refractivity contribution is -0.117. The average molecular weight is 318 g/mol. The highest BCUT2D eigenvalue weighted by molar-refractivity contribution is 6.40. The van der Waals surface area contributed by atoms with Crippen LogP contribution in [0.25, 0.3) is 0 Å². The molecule has 6 heteroatoms.